The van der Waals surface area contributed by atoms with Gasteiger partial charge in [-0.15, -0.1) is 0 Å². The topological polar surface area (TPSA) is 21.6 Å². The first-order valence-electron chi connectivity index (χ1n) is 5.90. The number of hydrogen-bond donors (Lipinski definition) is 0. The van der Waals surface area contributed by atoms with Crippen molar-refractivity contribution in [3.05, 3.63) is 34.4 Å². The van der Waals surface area contributed by atoms with Gasteiger partial charge in [0.2, 0.25) is 0 Å². The van der Waals surface area contributed by atoms with Gasteiger partial charge in [0, 0.05) is 12.0 Å². The molecule has 0 amide bonds. The Hall–Kier alpha value is -1.31. The molecule has 0 aromatic heterocycles. The average Bonchev–Trinajstić information content (AvgIpc) is 2.70. The third-order valence-electron chi connectivity index (χ3n) is 3.23. The maximum Gasteiger partial charge on any atom is 0.122 e. The van der Waals surface area contributed by atoms with Crippen LogP contribution in [0.2, 0.25) is 0 Å². The highest BCUT2D eigenvalue weighted by molar-refractivity contribution is 6.03. The summed E-state index contributed by atoms with van der Waals surface area (Å²) in [5, 5.41) is 4.14. The van der Waals surface area contributed by atoms with E-state index in [1.807, 2.05) is 0 Å². The highest BCUT2D eigenvalue weighted by Gasteiger charge is 2.18. The van der Waals surface area contributed by atoms with Crippen molar-refractivity contribution in [2.45, 2.75) is 40.0 Å². The average molecular weight is 217 g/mol. The van der Waals surface area contributed by atoms with Crippen LogP contribution < -0.4 is 0 Å². The van der Waals surface area contributed by atoms with Gasteiger partial charge in [-0.3, -0.25) is 0 Å². The predicted molar refractivity (Wildman–Crippen MR) is 67.1 cm³/mol. The van der Waals surface area contributed by atoms with E-state index >= 15 is 0 Å². The van der Waals surface area contributed by atoms with Crippen molar-refractivity contribution < 1.29 is 4.84 Å². The van der Waals surface area contributed by atoms with Crippen LogP contribution in [0.25, 0.3) is 0 Å². The molecule has 1 aliphatic rings. The second-order valence-corrected chi connectivity index (χ2v) is 4.75. The minimum absolute atomic E-state index is 0.558. The van der Waals surface area contributed by atoms with Gasteiger partial charge in [-0.05, 0) is 36.5 Å². The van der Waals surface area contributed by atoms with E-state index in [-0.39, 0.29) is 0 Å². The molecule has 2 heteroatoms. The standard InChI is InChI=1S/C14H19NO/c1-9(2)12-6-5-10(3)14(11(12)4)13-7-8-16-15-13/h5-6,9H,7-8H2,1-4H3. The summed E-state index contributed by atoms with van der Waals surface area (Å²) < 4.78 is 0. The normalized spacial score (nSPS) is 15.2. The van der Waals surface area contributed by atoms with Crippen molar-refractivity contribution in [3.8, 4) is 0 Å². The summed E-state index contributed by atoms with van der Waals surface area (Å²) in [5.74, 6) is 0.558. The van der Waals surface area contributed by atoms with Gasteiger partial charge in [0.05, 0.1) is 5.71 Å². The van der Waals surface area contributed by atoms with Crippen LogP contribution >= 0.6 is 0 Å². The molecule has 0 saturated heterocycles. The summed E-state index contributed by atoms with van der Waals surface area (Å²) in [5.41, 5.74) is 6.47. The maximum absolute atomic E-state index is 5.11. The first-order valence-corrected chi connectivity index (χ1v) is 5.90. The lowest BCUT2D eigenvalue weighted by molar-refractivity contribution is 0.174. The van der Waals surface area contributed by atoms with Gasteiger partial charge in [-0.25, -0.2) is 0 Å². The van der Waals surface area contributed by atoms with Crippen LogP contribution in [0.3, 0.4) is 0 Å². The lowest BCUT2D eigenvalue weighted by atomic mass is 9.89. The quantitative estimate of drug-likeness (QED) is 0.742. The molecule has 16 heavy (non-hydrogen) atoms. The number of benzene rings is 1. The Morgan fingerprint density at radius 3 is 2.56 bits per heavy atom. The number of hydrogen-bond acceptors (Lipinski definition) is 2. The minimum Gasteiger partial charge on any atom is -0.395 e. The van der Waals surface area contributed by atoms with Gasteiger partial charge in [0.1, 0.15) is 6.61 Å². The van der Waals surface area contributed by atoms with Crippen molar-refractivity contribution in [2.75, 3.05) is 6.61 Å². The van der Waals surface area contributed by atoms with E-state index in [9.17, 15) is 0 Å². The molecule has 1 heterocycles. The van der Waals surface area contributed by atoms with Crippen LogP contribution in [0.4, 0.5) is 0 Å². The van der Waals surface area contributed by atoms with Crippen LogP contribution in [0.1, 0.15) is 48.4 Å². The number of oxime groups is 1. The first kappa shape index (κ1) is 11.2. The molecule has 0 N–H and O–H groups in total. The Morgan fingerprint density at radius 2 is 2.00 bits per heavy atom. The number of rotatable bonds is 2. The molecule has 0 bridgehead atoms. The highest BCUT2D eigenvalue weighted by Crippen LogP contribution is 2.26. The van der Waals surface area contributed by atoms with Crippen molar-refractivity contribution >= 4 is 5.71 Å². The number of aryl methyl sites for hydroxylation is 1. The monoisotopic (exact) mass is 217 g/mol. The van der Waals surface area contributed by atoms with E-state index in [0.717, 1.165) is 18.7 Å². The van der Waals surface area contributed by atoms with Gasteiger partial charge in [-0.1, -0.05) is 31.1 Å². The van der Waals surface area contributed by atoms with Gasteiger partial charge in [-0.2, -0.15) is 0 Å². The summed E-state index contributed by atoms with van der Waals surface area (Å²) in [6, 6.07) is 4.42. The fraction of sp³-hybridized carbons (Fsp3) is 0.500. The fourth-order valence-corrected chi connectivity index (χ4v) is 2.41. The van der Waals surface area contributed by atoms with Crippen molar-refractivity contribution in [2.24, 2.45) is 5.16 Å². The van der Waals surface area contributed by atoms with Crippen LogP contribution in [0.15, 0.2) is 17.3 Å². The lowest BCUT2D eigenvalue weighted by Gasteiger charge is -2.15. The molecule has 0 atom stereocenters. The van der Waals surface area contributed by atoms with E-state index in [2.05, 4.69) is 45.0 Å². The van der Waals surface area contributed by atoms with E-state index in [1.54, 1.807) is 0 Å². The van der Waals surface area contributed by atoms with Crippen molar-refractivity contribution in [1.82, 2.24) is 0 Å². The molecular weight excluding hydrogens is 198 g/mol. The van der Waals surface area contributed by atoms with E-state index in [4.69, 9.17) is 4.84 Å². The Balaban J connectivity index is 2.54. The smallest absolute Gasteiger partial charge is 0.122 e. The Morgan fingerprint density at radius 1 is 1.25 bits per heavy atom. The van der Waals surface area contributed by atoms with E-state index in [0.29, 0.717) is 5.92 Å². The van der Waals surface area contributed by atoms with Crippen LogP contribution in [0.5, 0.6) is 0 Å². The van der Waals surface area contributed by atoms with Gasteiger partial charge < -0.3 is 4.84 Å². The Kier molecular flexibility index (Phi) is 2.99. The molecule has 2 rings (SSSR count). The maximum atomic E-state index is 5.11. The molecule has 0 spiro atoms. The second-order valence-electron chi connectivity index (χ2n) is 4.75. The van der Waals surface area contributed by atoms with Crippen LogP contribution in [-0.4, -0.2) is 12.3 Å². The Labute approximate surface area is 97.3 Å². The van der Waals surface area contributed by atoms with Gasteiger partial charge in [0.25, 0.3) is 0 Å². The molecule has 0 unspecified atom stereocenters. The summed E-state index contributed by atoms with van der Waals surface area (Å²) in [6.07, 6.45) is 0.934. The molecule has 0 aliphatic carbocycles. The molecule has 2 nitrogen and oxygen atoms in total. The molecule has 1 aromatic carbocycles. The van der Waals surface area contributed by atoms with E-state index in [1.165, 1.54) is 22.3 Å². The minimum atomic E-state index is 0.558. The molecular formula is C14H19NO. The second kappa shape index (κ2) is 4.28. The third kappa shape index (κ3) is 1.84. The van der Waals surface area contributed by atoms with E-state index < -0.39 is 0 Å². The predicted octanol–water partition coefficient (Wildman–Crippen LogP) is 3.55. The Bertz CT molecular complexity index is 433. The zero-order chi connectivity index (χ0) is 11.7. The third-order valence-corrected chi connectivity index (χ3v) is 3.23. The summed E-state index contributed by atoms with van der Waals surface area (Å²) in [4.78, 5) is 5.11. The molecule has 0 saturated carbocycles. The summed E-state index contributed by atoms with van der Waals surface area (Å²) in [6.45, 7) is 9.52. The van der Waals surface area contributed by atoms with Crippen molar-refractivity contribution in [1.29, 1.82) is 0 Å². The largest absolute Gasteiger partial charge is 0.395 e. The van der Waals surface area contributed by atoms with Gasteiger partial charge in [0.15, 0.2) is 0 Å². The van der Waals surface area contributed by atoms with Crippen LogP contribution in [0, 0.1) is 13.8 Å². The highest BCUT2D eigenvalue weighted by atomic mass is 16.6. The van der Waals surface area contributed by atoms with Crippen LogP contribution in [-0.2, 0) is 4.84 Å². The van der Waals surface area contributed by atoms with Crippen molar-refractivity contribution in [3.63, 3.8) is 0 Å². The number of nitrogens with zero attached hydrogens (tertiary/aromatic N) is 1. The molecule has 86 valence electrons. The van der Waals surface area contributed by atoms with Gasteiger partial charge >= 0.3 is 0 Å². The molecule has 1 aliphatic heterocycles. The zero-order valence-corrected chi connectivity index (χ0v) is 10.5. The first-order chi connectivity index (χ1) is 7.61. The molecule has 0 radical (unpaired) electrons. The summed E-state index contributed by atoms with van der Waals surface area (Å²) >= 11 is 0. The summed E-state index contributed by atoms with van der Waals surface area (Å²) in [7, 11) is 0. The molecule has 0 fully saturated rings. The fourth-order valence-electron chi connectivity index (χ4n) is 2.41. The molecule has 1 aromatic rings. The SMILES string of the molecule is Cc1ccc(C(C)C)c(C)c1C1=NOCC1. The zero-order valence-electron chi connectivity index (χ0n) is 10.5. The lowest BCUT2D eigenvalue weighted by Crippen LogP contribution is -2.07.